The van der Waals surface area contributed by atoms with Crippen molar-refractivity contribution in [2.45, 2.75) is 25.0 Å². The van der Waals surface area contributed by atoms with Crippen LogP contribution in [0.15, 0.2) is 30.5 Å². The summed E-state index contributed by atoms with van der Waals surface area (Å²) in [7, 11) is 0. The van der Waals surface area contributed by atoms with E-state index < -0.39 is 11.7 Å². The first-order valence-corrected chi connectivity index (χ1v) is 9.65. The van der Waals surface area contributed by atoms with Crippen LogP contribution in [0.3, 0.4) is 0 Å². The van der Waals surface area contributed by atoms with Crippen LogP contribution < -0.4 is 15.4 Å². The molecule has 2 N–H and O–H groups in total. The van der Waals surface area contributed by atoms with Crippen molar-refractivity contribution in [1.82, 2.24) is 10.6 Å². The molecule has 148 valence electrons. The average Bonchev–Trinajstić information content (AvgIpc) is 2.62. The summed E-state index contributed by atoms with van der Waals surface area (Å²) in [5, 5.41) is 5.15. The summed E-state index contributed by atoms with van der Waals surface area (Å²) in [6.45, 7) is 6.51. The Balaban J connectivity index is 1.63. The summed E-state index contributed by atoms with van der Waals surface area (Å²) in [6, 6.07) is 3.92. The number of benzene rings is 1. The summed E-state index contributed by atoms with van der Waals surface area (Å²) < 4.78 is 23.8. The summed E-state index contributed by atoms with van der Waals surface area (Å²) in [5.41, 5.74) is 0.451. The van der Waals surface area contributed by atoms with E-state index in [1.165, 1.54) is 24.2 Å². The number of carbonyl (C=O) groups is 2. The zero-order valence-electron chi connectivity index (χ0n) is 14.9. The lowest BCUT2D eigenvalue weighted by Gasteiger charge is -2.24. The molecule has 6 nitrogen and oxygen atoms in total. The first-order valence-electron chi connectivity index (χ1n) is 8.46. The van der Waals surface area contributed by atoms with Gasteiger partial charge >= 0.3 is 0 Å². The van der Waals surface area contributed by atoms with E-state index in [1.807, 2.05) is 6.92 Å². The van der Waals surface area contributed by atoms with Crippen molar-refractivity contribution in [3.63, 3.8) is 0 Å². The van der Waals surface area contributed by atoms with Gasteiger partial charge in [-0.05, 0) is 24.5 Å². The summed E-state index contributed by atoms with van der Waals surface area (Å²) in [6.07, 6.45) is 1.16. The maximum atomic E-state index is 13.3. The molecule has 9 heteroatoms. The third kappa shape index (κ3) is 7.40. The van der Waals surface area contributed by atoms with Crippen LogP contribution in [0.4, 0.5) is 4.39 Å². The highest BCUT2D eigenvalue weighted by molar-refractivity contribution is 7.96. The van der Waals surface area contributed by atoms with Gasteiger partial charge in [-0.15, -0.1) is 0 Å². The minimum absolute atomic E-state index is 0.0186. The number of carbonyl (C=O) groups excluding carboxylic acids is 2. The van der Waals surface area contributed by atoms with Crippen molar-refractivity contribution in [2.24, 2.45) is 5.92 Å². The summed E-state index contributed by atoms with van der Waals surface area (Å²) in [5.74, 6) is -0.576. The predicted molar refractivity (Wildman–Crippen MR) is 103 cm³/mol. The van der Waals surface area contributed by atoms with Gasteiger partial charge in [0.15, 0.2) is 6.61 Å². The molecule has 27 heavy (non-hydrogen) atoms. The third-order valence-electron chi connectivity index (χ3n) is 3.75. The second kappa shape index (κ2) is 10.5. The maximum Gasteiger partial charge on any atom is 0.262 e. The van der Waals surface area contributed by atoms with E-state index in [0.717, 1.165) is 12.5 Å². The Hall–Kier alpha value is -1.77. The van der Waals surface area contributed by atoms with Crippen LogP contribution in [0.1, 0.15) is 19.8 Å². The van der Waals surface area contributed by atoms with E-state index >= 15 is 0 Å². The third-order valence-corrected chi connectivity index (χ3v) is 4.97. The molecular formula is C18H22ClFN2O4S. The smallest absolute Gasteiger partial charge is 0.262 e. The Bertz CT molecular complexity index is 704. The molecule has 0 spiro atoms. The predicted octanol–water partition coefficient (Wildman–Crippen LogP) is 3.07. The minimum Gasteiger partial charge on any atom is -0.484 e. The second-order valence-electron chi connectivity index (χ2n) is 6.27. The highest BCUT2D eigenvalue weighted by Crippen LogP contribution is 2.27. The standard InChI is InChI=1S/C18H22ClFN2O4S/c1-11-7-16(27-26-9-11)18(24)21-6-5-12(2)22-17(23)10-25-13-3-4-14(19)15(20)8-13/h3-4,8,11,16H,2,5-7,9-10H2,1H3,(H,21,24)(H,22,23). The lowest BCUT2D eigenvalue weighted by atomic mass is 10.1. The number of nitrogens with one attached hydrogen (secondary N) is 2. The number of hydrogen-bond acceptors (Lipinski definition) is 5. The molecule has 1 saturated heterocycles. The lowest BCUT2D eigenvalue weighted by Crippen LogP contribution is -2.37. The first-order chi connectivity index (χ1) is 12.8. The van der Waals surface area contributed by atoms with Crippen LogP contribution in [-0.2, 0) is 13.8 Å². The van der Waals surface area contributed by atoms with Crippen LogP contribution in [0.25, 0.3) is 0 Å². The second-order valence-corrected chi connectivity index (χ2v) is 7.67. The zero-order chi connectivity index (χ0) is 19.8. The van der Waals surface area contributed by atoms with Crippen molar-refractivity contribution in [2.75, 3.05) is 19.8 Å². The fourth-order valence-electron chi connectivity index (χ4n) is 2.32. The molecule has 2 amide bonds. The largest absolute Gasteiger partial charge is 0.484 e. The molecule has 1 aromatic rings. The number of hydrogen-bond donors (Lipinski definition) is 2. The Kier molecular flexibility index (Phi) is 8.40. The van der Waals surface area contributed by atoms with Crippen LogP contribution >= 0.6 is 23.6 Å². The minimum atomic E-state index is -0.620. The highest BCUT2D eigenvalue weighted by Gasteiger charge is 2.26. The van der Waals surface area contributed by atoms with Gasteiger partial charge in [0, 0.05) is 36.8 Å². The van der Waals surface area contributed by atoms with Gasteiger partial charge in [-0.3, -0.25) is 9.59 Å². The summed E-state index contributed by atoms with van der Waals surface area (Å²) in [4.78, 5) is 23.9. The summed E-state index contributed by atoms with van der Waals surface area (Å²) >= 11 is 6.78. The molecule has 0 radical (unpaired) electrons. The normalized spacial score (nSPS) is 19.2. The highest BCUT2D eigenvalue weighted by atomic mass is 35.5. The monoisotopic (exact) mass is 416 g/mol. The van der Waals surface area contributed by atoms with Gasteiger partial charge in [0.05, 0.1) is 11.6 Å². The van der Waals surface area contributed by atoms with E-state index in [2.05, 4.69) is 17.2 Å². The molecule has 0 aromatic heterocycles. The molecule has 0 saturated carbocycles. The van der Waals surface area contributed by atoms with E-state index in [1.54, 1.807) is 0 Å². The Labute approximate surface area is 167 Å². The molecule has 2 unspecified atom stereocenters. The van der Waals surface area contributed by atoms with Crippen molar-refractivity contribution < 1.29 is 22.9 Å². The van der Waals surface area contributed by atoms with Crippen molar-refractivity contribution in [1.29, 1.82) is 0 Å². The number of halogens is 2. The topological polar surface area (TPSA) is 76.7 Å². The molecular weight excluding hydrogens is 395 g/mol. The van der Waals surface area contributed by atoms with Crippen LogP contribution in [0.5, 0.6) is 5.75 Å². The SMILES string of the molecule is C=C(CCNC(=O)C1CC(C)COS1)NC(=O)COc1ccc(Cl)c(F)c1. The number of amides is 2. The van der Waals surface area contributed by atoms with Crippen LogP contribution in [-0.4, -0.2) is 36.8 Å². The van der Waals surface area contributed by atoms with Gasteiger partial charge in [0.1, 0.15) is 16.8 Å². The zero-order valence-corrected chi connectivity index (χ0v) is 16.5. The quantitative estimate of drug-likeness (QED) is 0.637. The molecule has 0 aliphatic carbocycles. The van der Waals surface area contributed by atoms with E-state index in [0.29, 0.717) is 31.2 Å². The van der Waals surface area contributed by atoms with Gasteiger partial charge in [-0.1, -0.05) is 25.1 Å². The average molecular weight is 417 g/mol. The molecule has 1 heterocycles. The van der Waals surface area contributed by atoms with Gasteiger partial charge in [0.2, 0.25) is 5.91 Å². The molecule has 1 aromatic carbocycles. The van der Waals surface area contributed by atoms with Crippen LogP contribution in [0.2, 0.25) is 5.02 Å². The Morgan fingerprint density at radius 3 is 2.96 bits per heavy atom. The molecule has 2 rings (SSSR count). The molecule has 2 atom stereocenters. The number of rotatable bonds is 8. The molecule has 1 aliphatic heterocycles. The van der Waals surface area contributed by atoms with Gasteiger partial charge in [0.25, 0.3) is 5.91 Å². The molecule has 1 aliphatic rings. The van der Waals surface area contributed by atoms with Crippen LogP contribution in [0, 0.1) is 11.7 Å². The van der Waals surface area contributed by atoms with E-state index in [4.69, 9.17) is 20.5 Å². The Morgan fingerprint density at radius 2 is 2.26 bits per heavy atom. The van der Waals surface area contributed by atoms with E-state index in [9.17, 15) is 14.0 Å². The molecule has 1 fully saturated rings. The van der Waals surface area contributed by atoms with Gasteiger partial charge < -0.3 is 19.6 Å². The van der Waals surface area contributed by atoms with Gasteiger partial charge in [-0.25, -0.2) is 4.39 Å². The maximum absolute atomic E-state index is 13.3. The van der Waals surface area contributed by atoms with Gasteiger partial charge in [-0.2, -0.15) is 0 Å². The van der Waals surface area contributed by atoms with E-state index in [-0.39, 0.29) is 28.5 Å². The first kappa shape index (κ1) is 21.5. The lowest BCUT2D eigenvalue weighted by molar-refractivity contribution is -0.122. The Morgan fingerprint density at radius 1 is 1.48 bits per heavy atom. The molecule has 0 bridgehead atoms. The van der Waals surface area contributed by atoms with Crippen molar-refractivity contribution >= 4 is 35.5 Å². The fourth-order valence-corrected chi connectivity index (χ4v) is 3.49. The fraction of sp³-hybridized carbons (Fsp3) is 0.444. The number of ether oxygens (including phenoxy) is 1. The van der Waals surface area contributed by atoms with Crippen molar-refractivity contribution in [3.05, 3.63) is 41.3 Å². The van der Waals surface area contributed by atoms with Crippen molar-refractivity contribution in [3.8, 4) is 5.75 Å².